The van der Waals surface area contributed by atoms with Crippen LogP contribution in [0.25, 0.3) is 0 Å². The quantitative estimate of drug-likeness (QED) is 0.531. The SMILES string of the molecule is C(#Cc1ccccc1C#Cc1cccs1)c1ccccc1. The van der Waals surface area contributed by atoms with Crippen molar-refractivity contribution in [3.8, 4) is 23.7 Å². The lowest BCUT2D eigenvalue weighted by Crippen LogP contribution is -1.83. The van der Waals surface area contributed by atoms with E-state index >= 15 is 0 Å². The Morgan fingerprint density at radius 3 is 1.90 bits per heavy atom. The summed E-state index contributed by atoms with van der Waals surface area (Å²) in [7, 11) is 0. The largest absolute Gasteiger partial charge is 0.135 e. The average molecular weight is 284 g/mol. The molecule has 0 unspecified atom stereocenters. The predicted octanol–water partition coefficient (Wildman–Crippen LogP) is 4.55. The molecule has 3 aromatic rings. The highest BCUT2D eigenvalue weighted by molar-refractivity contribution is 7.10. The van der Waals surface area contributed by atoms with Crippen LogP contribution in [-0.4, -0.2) is 0 Å². The topological polar surface area (TPSA) is 0 Å². The first-order valence-corrected chi connectivity index (χ1v) is 7.51. The van der Waals surface area contributed by atoms with E-state index < -0.39 is 0 Å². The van der Waals surface area contributed by atoms with Crippen molar-refractivity contribution in [3.63, 3.8) is 0 Å². The second-order valence-corrected chi connectivity index (χ2v) is 5.34. The van der Waals surface area contributed by atoms with Crippen molar-refractivity contribution < 1.29 is 0 Å². The smallest absolute Gasteiger partial charge is 0.0772 e. The monoisotopic (exact) mass is 284 g/mol. The lowest BCUT2D eigenvalue weighted by molar-refractivity contribution is 1.58. The Bertz CT molecular complexity index is 835. The third kappa shape index (κ3) is 3.63. The minimum atomic E-state index is 0.963. The van der Waals surface area contributed by atoms with Crippen molar-refractivity contribution in [3.05, 3.63) is 93.7 Å². The second kappa shape index (κ2) is 6.62. The van der Waals surface area contributed by atoms with Gasteiger partial charge in [-0.3, -0.25) is 0 Å². The fourth-order valence-corrected chi connectivity index (χ4v) is 2.41. The maximum Gasteiger partial charge on any atom is 0.0772 e. The molecule has 0 saturated carbocycles. The van der Waals surface area contributed by atoms with E-state index in [4.69, 9.17) is 0 Å². The molecular weight excluding hydrogens is 272 g/mol. The first-order chi connectivity index (χ1) is 10.4. The lowest BCUT2D eigenvalue weighted by atomic mass is 10.1. The Kier molecular flexibility index (Phi) is 4.18. The van der Waals surface area contributed by atoms with E-state index in [1.807, 2.05) is 72.1 Å². The molecule has 3 rings (SSSR count). The first-order valence-electron chi connectivity index (χ1n) is 6.63. The molecule has 0 aliphatic carbocycles. The summed E-state index contributed by atoms with van der Waals surface area (Å²) in [5.41, 5.74) is 2.94. The van der Waals surface area contributed by atoms with Gasteiger partial charge in [-0.05, 0) is 35.7 Å². The van der Waals surface area contributed by atoms with Crippen molar-refractivity contribution in [2.45, 2.75) is 0 Å². The van der Waals surface area contributed by atoms with Gasteiger partial charge in [-0.25, -0.2) is 0 Å². The fourth-order valence-electron chi connectivity index (χ4n) is 1.84. The van der Waals surface area contributed by atoms with Crippen LogP contribution in [0.4, 0.5) is 0 Å². The van der Waals surface area contributed by atoms with Crippen molar-refractivity contribution >= 4 is 11.3 Å². The van der Waals surface area contributed by atoms with Gasteiger partial charge in [0.15, 0.2) is 0 Å². The molecule has 0 atom stereocenters. The van der Waals surface area contributed by atoms with Gasteiger partial charge in [0.25, 0.3) is 0 Å². The molecule has 0 N–H and O–H groups in total. The first kappa shape index (κ1) is 13.3. The summed E-state index contributed by atoms with van der Waals surface area (Å²) in [6, 6.07) is 22.0. The van der Waals surface area contributed by atoms with Crippen LogP contribution < -0.4 is 0 Å². The van der Waals surface area contributed by atoms with Gasteiger partial charge < -0.3 is 0 Å². The van der Waals surface area contributed by atoms with Gasteiger partial charge in [-0.2, -0.15) is 0 Å². The zero-order valence-electron chi connectivity index (χ0n) is 11.3. The molecule has 1 heterocycles. The van der Waals surface area contributed by atoms with E-state index in [0.717, 1.165) is 21.6 Å². The van der Waals surface area contributed by atoms with Gasteiger partial charge in [0.05, 0.1) is 4.88 Å². The molecule has 0 bridgehead atoms. The molecule has 0 aliphatic rings. The van der Waals surface area contributed by atoms with Gasteiger partial charge >= 0.3 is 0 Å². The Hall–Kier alpha value is -2.74. The number of benzene rings is 2. The Morgan fingerprint density at radius 1 is 0.571 bits per heavy atom. The molecular formula is C20H12S. The van der Waals surface area contributed by atoms with Crippen LogP contribution in [0.5, 0.6) is 0 Å². The summed E-state index contributed by atoms with van der Waals surface area (Å²) >= 11 is 1.65. The average Bonchev–Trinajstić information content (AvgIpc) is 3.06. The van der Waals surface area contributed by atoms with Crippen LogP contribution >= 0.6 is 11.3 Å². The molecule has 0 radical (unpaired) electrons. The fraction of sp³-hybridized carbons (Fsp3) is 0. The molecule has 0 spiro atoms. The molecule has 0 nitrogen and oxygen atoms in total. The van der Waals surface area contributed by atoms with Gasteiger partial charge in [0, 0.05) is 16.7 Å². The molecule has 0 saturated heterocycles. The zero-order valence-corrected chi connectivity index (χ0v) is 12.2. The van der Waals surface area contributed by atoms with E-state index in [2.05, 4.69) is 23.7 Å². The third-order valence-electron chi connectivity index (χ3n) is 2.88. The molecule has 98 valence electrons. The van der Waals surface area contributed by atoms with E-state index in [9.17, 15) is 0 Å². The highest BCUT2D eigenvalue weighted by Gasteiger charge is 1.95. The highest BCUT2D eigenvalue weighted by atomic mass is 32.1. The van der Waals surface area contributed by atoms with Gasteiger partial charge in [0.2, 0.25) is 0 Å². The molecule has 0 amide bonds. The van der Waals surface area contributed by atoms with Crippen LogP contribution in [0.3, 0.4) is 0 Å². The zero-order chi connectivity index (χ0) is 14.3. The van der Waals surface area contributed by atoms with Crippen molar-refractivity contribution in [2.24, 2.45) is 0 Å². The van der Waals surface area contributed by atoms with Crippen LogP contribution in [0.2, 0.25) is 0 Å². The third-order valence-corrected chi connectivity index (χ3v) is 3.67. The van der Waals surface area contributed by atoms with Crippen molar-refractivity contribution in [1.29, 1.82) is 0 Å². The summed E-state index contributed by atoms with van der Waals surface area (Å²) in [4.78, 5) is 1.07. The second-order valence-electron chi connectivity index (χ2n) is 4.39. The Labute approximate surface area is 129 Å². The summed E-state index contributed by atoms with van der Waals surface area (Å²) < 4.78 is 0. The van der Waals surface area contributed by atoms with Crippen molar-refractivity contribution in [1.82, 2.24) is 0 Å². The normalized spacial score (nSPS) is 9.14. The molecule has 1 aromatic heterocycles. The minimum Gasteiger partial charge on any atom is -0.135 e. The highest BCUT2D eigenvalue weighted by Crippen LogP contribution is 2.09. The molecule has 2 aromatic carbocycles. The number of hydrogen-bond acceptors (Lipinski definition) is 1. The van der Waals surface area contributed by atoms with Crippen LogP contribution in [0.15, 0.2) is 72.1 Å². The lowest BCUT2D eigenvalue weighted by Gasteiger charge is -1.95. The van der Waals surface area contributed by atoms with Crippen LogP contribution in [0.1, 0.15) is 21.6 Å². The molecule has 0 aliphatic heterocycles. The van der Waals surface area contributed by atoms with Crippen LogP contribution in [-0.2, 0) is 0 Å². The molecule has 0 fully saturated rings. The van der Waals surface area contributed by atoms with E-state index in [-0.39, 0.29) is 0 Å². The van der Waals surface area contributed by atoms with E-state index in [0.29, 0.717) is 0 Å². The summed E-state index contributed by atoms with van der Waals surface area (Å²) in [6.07, 6.45) is 0. The number of rotatable bonds is 0. The predicted molar refractivity (Wildman–Crippen MR) is 89.2 cm³/mol. The number of hydrogen-bond donors (Lipinski definition) is 0. The van der Waals surface area contributed by atoms with E-state index in [1.54, 1.807) is 11.3 Å². The summed E-state index contributed by atoms with van der Waals surface area (Å²) in [5.74, 6) is 12.8. The van der Waals surface area contributed by atoms with Gasteiger partial charge in [-0.1, -0.05) is 60.1 Å². The standard InChI is InChI=1S/C20H12S/c1-2-7-17(8-3-1)12-13-18-9-4-5-10-19(18)14-15-20-11-6-16-21-20/h1-11,16H. The van der Waals surface area contributed by atoms with Gasteiger partial charge in [-0.15, -0.1) is 11.3 Å². The Balaban J connectivity index is 1.92. The Morgan fingerprint density at radius 2 is 1.24 bits per heavy atom. The van der Waals surface area contributed by atoms with E-state index in [1.165, 1.54) is 0 Å². The summed E-state index contributed by atoms with van der Waals surface area (Å²) in [5, 5.41) is 2.03. The van der Waals surface area contributed by atoms with Crippen molar-refractivity contribution in [2.75, 3.05) is 0 Å². The summed E-state index contributed by atoms with van der Waals surface area (Å²) in [6.45, 7) is 0. The maximum atomic E-state index is 3.21. The van der Waals surface area contributed by atoms with Gasteiger partial charge in [0.1, 0.15) is 0 Å². The van der Waals surface area contributed by atoms with Crippen LogP contribution in [0, 0.1) is 23.7 Å². The minimum absolute atomic E-state index is 0.963. The maximum absolute atomic E-state index is 3.21. The molecule has 1 heteroatoms. The molecule has 21 heavy (non-hydrogen) atoms. The number of thiophene rings is 1.